The summed E-state index contributed by atoms with van der Waals surface area (Å²) in [5, 5.41) is 0. The summed E-state index contributed by atoms with van der Waals surface area (Å²) in [6, 6.07) is 0. The lowest BCUT2D eigenvalue weighted by Gasteiger charge is -2.26. The van der Waals surface area contributed by atoms with Gasteiger partial charge in [-0.15, -0.1) is 0 Å². The Bertz CT molecular complexity index is 241. The van der Waals surface area contributed by atoms with Crippen molar-refractivity contribution in [3.05, 3.63) is 0 Å². The maximum absolute atomic E-state index is 11.6. The van der Waals surface area contributed by atoms with Crippen molar-refractivity contribution in [1.82, 2.24) is 4.90 Å². The first-order chi connectivity index (χ1) is 6.72. The van der Waals surface area contributed by atoms with Crippen LogP contribution in [0.5, 0.6) is 0 Å². The smallest absolute Gasteiger partial charge is 0.222 e. The van der Waals surface area contributed by atoms with Crippen molar-refractivity contribution >= 4 is 5.91 Å². The van der Waals surface area contributed by atoms with Gasteiger partial charge in [-0.3, -0.25) is 4.79 Å². The van der Waals surface area contributed by atoms with E-state index in [2.05, 4.69) is 0 Å². The van der Waals surface area contributed by atoms with Gasteiger partial charge in [0.05, 0.1) is 0 Å². The standard InChI is InChI=1S/C11H20N2O/c1-2-10(14)13-6-9-4-3-5-11(9,7-12)8-13/h9H,2-8,12H2,1H3/t9-,11-/m0/s1. The van der Waals surface area contributed by atoms with Crippen LogP contribution in [0.25, 0.3) is 0 Å². The lowest BCUT2D eigenvalue weighted by atomic mass is 9.81. The lowest BCUT2D eigenvalue weighted by molar-refractivity contribution is -0.130. The van der Waals surface area contributed by atoms with E-state index in [4.69, 9.17) is 5.73 Å². The molecular formula is C11H20N2O. The van der Waals surface area contributed by atoms with Gasteiger partial charge in [0.15, 0.2) is 0 Å². The molecule has 0 unspecified atom stereocenters. The molecule has 1 aliphatic carbocycles. The fourth-order valence-corrected chi connectivity index (χ4v) is 3.16. The van der Waals surface area contributed by atoms with Crippen molar-refractivity contribution in [2.45, 2.75) is 32.6 Å². The first-order valence-electron chi connectivity index (χ1n) is 5.69. The zero-order chi connectivity index (χ0) is 10.2. The molecule has 3 heteroatoms. The number of nitrogens with two attached hydrogens (primary N) is 1. The average molecular weight is 196 g/mol. The van der Waals surface area contributed by atoms with Gasteiger partial charge in [-0.1, -0.05) is 13.3 Å². The molecule has 1 amide bonds. The summed E-state index contributed by atoms with van der Waals surface area (Å²) in [6.07, 6.45) is 4.43. The van der Waals surface area contributed by atoms with Crippen LogP contribution in [-0.4, -0.2) is 30.4 Å². The number of fused-ring (bicyclic) bond motifs is 1. The van der Waals surface area contributed by atoms with E-state index in [1.54, 1.807) is 0 Å². The molecule has 1 saturated carbocycles. The van der Waals surface area contributed by atoms with Gasteiger partial charge in [-0.2, -0.15) is 0 Å². The summed E-state index contributed by atoms with van der Waals surface area (Å²) in [5.41, 5.74) is 6.16. The molecule has 1 saturated heterocycles. The first-order valence-corrected chi connectivity index (χ1v) is 5.69. The zero-order valence-electron chi connectivity index (χ0n) is 8.96. The van der Waals surface area contributed by atoms with Crippen LogP contribution in [0.3, 0.4) is 0 Å². The van der Waals surface area contributed by atoms with E-state index in [1.165, 1.54) is 19.3 Å². The van der Waals surface area contributed by atoms with Crippen molar-refractivity contribution in [1.29, 1.82) is 0 Å². The lowest BCUT2D eigenvalue weighted by Crippen LogP contribution is -2.36. The largest absolute Gasteiger partial charge is 0.342 e. The minimum atomic E-state index is 0.283. The SMILES string of the molecule is CCC(=O)N1C[C@@H]2CCC[C@]2(CN)C1. The Morgan fingerprint density at radius 2 is 2.43 bits per heavy atom. The molecule has 2 aliphatic rings. The Hall–Kier alpha value is -0.570. The van der Waals surface area contributed by atoms with E-state index in [1.807, 2.05) is 11.8 Å². The highest BCUT2D eigenvalue weighted by Gasteiger charge is 2.49. The van der Waals surface area contributed by atoms with Crippen LogP contribution in [0.15, 0.2) is 0 Å². The maximum Gasteiger partial charge on any atom is 0.222 e. The van der Waals surface area contributed by atoms with Crippen LogP contribution in [0.4, 0.5) is 0 Å². The highest BCUT2D eigenvalue weighted by molar-refractivity contribution is 5.76. The molecule has 80 valence electrons. The number of carbonyl (C=O) groups excluding carboxylic acids is 1. The fourth-order valence-electron chi connectivity index (χ4n) is 3.16. The molecule has 2 N–H and O–H groups in total. The van der Waals surface area contributed by atoms with Gasteiger partial charge in [-0.05, 0) is 25.3 Å². The minimum absolute atomic E-state index is 0.283. The molecular weight excluding hydrogens is 176 g/mol. The van der Waals surface area contributed by atoms with Crippen molar-refractivity contribution < 1.29 is 4.79 Å². The topological polar surface area (TPSA) is 46.3 Å². The summed E-state index contributed by atoms with van der Waals surface area (Å²) in [7, 11) is 0. The zero-order valence-corrected chi connectivity index (χ0v) is 8.96. The average Bonchev–Trinajstić information content (AvgIpc) is 2.72. The summed E-state index contributed by atoms with van der Waals surface area (Å²) in [6.45, 7) is 4.57. The predicted molar refractivity (Wildman–Crippen MR) is 55.7 cm³/mol. The van der Waals surface area contributed by atoms with Gasteiger partial charge in [0.25, 0.3) is 0 Å². The summed E-state index contributed by atoms with van der Waals surface area (Å²) < 4.78 is 0. The molecule has 2 atom stereocenters. The number of rotatable bonds is 2. The number of likely N-dealkylation sites (tertiary alicyclic amines) is 1. The Balaban J connectivity index is 2.08. The molecule has 2 rings (SSSR count). The fraction of sp³-hybridized carbons (Fsp3) is 0.909. The van der Waals surface area contributed by atoms with Crippen molar-refractivity contribution in [2.75, 3.05) is 19.6 Å². The van der Waals surface area contributed by atoms with Gasteiger partial charge >= 0.3 is 0 Å². The van der Waals surface area contributed by atoms with Gasteiger partial charge in [-0.25, -0.2) is 0 Å². The molecule has 1 heterocycles. The number of nitrogens with zero attached hydrogens (tertiary/aromatic N) is 1. The molecule has 0 aromatic rings. The number of hydrogen-bond acceptors (Lipinski definition) is 2. The highest BCUT2D eigenvalue weighted by Crippen LogP contribution is 2.47. The molecule has 3 nitrogen and oxygen atoms in total. The molecule has 0 radical (unpaired) electrons. The van der Waals surface area contributed by atoms with Gasteiger partial charge in [0.2, 0.25) is 5.91 Å². The number of amides is 1. The molecule has 0 aromatic carbocycles. The van der Waals surface area contributed by atoms with Crippen LogP contribution in [0.1, 0.15) is 32.6 Å². The van der Waals surface area contributed by atoms with Crippen LogP contribution in [0.2, 0.25) is 0 Å². The Kier molecular flexibility index (Phi) is 2.52. The summed E-state index contributed by atoms with van der Waals surface area (Å²) >= 11 is 0. The van der Waals surface area contributed by atoms with E-state index in [-0.39, 0.29) is 5.41 Å². The van der Waals surface area contributed by atoms with Crippen LogP contribution in [0, 0.1) is 11.3 Å². The van der Waals surface area contributed by atoms with Crippen LogP contribution >= 0.6 is 0 Å². The van der Waals surface area contributed by atoms with Crippen LogP contribution in [-0.2, 0) is 4.79 Å². The molecule has 0 bridgehead atoms. The second-order valence-electron chi connectivity index (χ2n) is 4.78. The van der Waals surface area contributed by atoms with E-state index >= 15 is 0 Å². The number of hydrogen-bond donors (Lipinski definition) is 1. The maximum atomic E-state index is 11.6. The van der Waals surface area contributed by atoms with E-state index in [0.717, 1.165) is 19.6 Å². The van der Waals surface area contributed by atoms with Crippen molar-refractivity contribution in [3.8, 4) is 0 Å². The van der Waals surface area contributed by atoms with E-state index in [9.17, 15) is 4.79 Å². The van der Waals surface area contributed by atoms with Crippen molar-refractivity contribution in [2.24, 2.45) is 17.1 Å². The molecule has 14 heavy (non-hydrogen) atoms. The molecule has 0 aromatic heterocycles. The first kappa shape index (κ1) is 9.97. The molecule has 2 fully saturated rings. The third-order valence-electron chi connectivity index (χ3n) is 4.10. The van der Waals surface area contributed by atoms with Crippen LogP contribution < -0.4 is 5.73 Å². The summed E-state index contributed by atoms with van der Waals surface area (Å²) in [5.74, 6) is 0.982. The third kappa shape index (κ3) is 1.34. The Morgan fingerprint density at radius 3 is 3.00 bits per heavy atom. The second kappa shape index (κ2) is 3.54. The second-order valence-corrected chi connectivity index (χ2v) is 4.78. The van der Waals surface area contributed by atoms with Gasteiger partial charge < -0.3 is 10.6 Å². The quantitative estimate of drug-likeness (QED) is 0.715. The van der Waals surface area contributed by atoms with Crippen molar-refractivity contribution in [3.63, 3.8) is 0 Å². The van der Waals surface area contributed by atoms with E-state index < -0.39 is 0 Å². The Morgan fingerprint density at radius 1 is 1.64 bits per heavy atom. The molecule has 0 spiro atoms. The minimum Gasteiger partial charge on any atom is -0.342 e. The normalized spacial score (nSPS) is 36.1. The molecule has 1 aliphatic heterocycles. The van der Waals surface area contributed by atoms with Gasteiger partial charge in [0.1, 0.15) is 0 Å². The highest BCUT2D eigenvalue weighted by atomic mass is 16.2. The summed E-state index contributed by atoms with van der Waals surface area (Å²) in [4.78, 5) is 13.6. The monoisotopic (exact) mass is 196 g/mol. The number of carbonyl (C=O) groups is 1. The Labute approximate surface area is 85.6 Å². The predicted octanol–water partition coefficient (Wildman–Crippen LogP) is 0.984. The van der Waals surface area contributed by atoms with Gasteiger partial charge in [0, 0.05) is 24.9 Å². The third-order valence-corrected chi connectivity index (χ3v) is 4.10. The van der Waals surface area contributed by atoms with E-state index in [0.29, 0.717) is 18.2 Å².